The van der Waals surface area contributed by atoms with Gasteiger partial charge in [0.1, 0.15) is 0 Å². The standard InChI is InChI=1S/C12H13F11O3/c1-4-7(2,3)6(24)26-5(9(15,16)17)8(13,14)10(25,11(18,19)20)12(21,22)23/h5,25H,4H2,1-3H3. The van der Waals surface area contributed by atoms with Crippen LogP contribution in [0.25, 0.3) is 0 Å². The molecule has 1 atom stereocenters. The number of esters is 1. The molecular formula is C12H13F11O3. The lowest BCUT2D eigenvalue weighted by atomic mass is 9.88. The number of hydrogen-bond donors (Lipinski definition) is 1. The number of rotatable bonds is 5. The van der Waals surface area contributed by atoms with Crippen LogP contribution in [0.4, 0.5) is 48.3 Å². The van der Waals surface area contributed by atoms with Crippen LogP contribution in [0.1, 0.15) is 27.2 Å². The first kappa shape index (κ1) is 24.7. The Morgan fingerprint density at radius 3 is 1.46 bits per heavy atom. The van der Waals surface area contributed by atoms with Gasteiger partial charge in [0.15, 0.2) is 0 Å². The fourth-order valence-corrected chi connectivity index (χ4v) is 1.49. The average Bonchev–Trinajstić information content (AvgIpc) is 2.39. The Morgan fingerprint density at radius 2 is 1.23 bits per heavy atom. The van der Waals surface area contributed by atoms with Gasteiger partial charge in [-0.3, -0.25) is 4.79 Å². The van der Waals surface area contributed by atoms with Gasteiger partial charge in [-0.2, -0.15) is 48.3 Å². The molecule has 1 unspecified atom stereocenters. The van der Waals surface area contributed by atoms with E-state index >= 15 is 0 Å². The molecule has 26 heavy (non-hydrogen) atoms. The van der Waals surface area contributed by atoms with Gasteiger partial charge < -0.3 is 9.84 Å². The average molecular weight is 414 g/mol. The van der Waals surface area contributed by atoms with Gasteiger partial charge >= 0.3 is 36.0 Å². The molecular weight excluding hydrogens is 401 g/mol. The maximum Gasteiger partial charge on any atom is 0.432 e. The number of aliphatic hydroxyl groups is 1. The summed E-state index contributed by atoms with van der Waals surface area (Å²) in [5, 5.41) is 8.63. The largest absolute Gasteiger partial charge is 0.446 e. The summed E-state index contributed by atoms with van der Waals surface area (Å²) in [6, 6.07) is 0. The van der Waals surface area contributed by atoms with Crippen molar-refractivity contribution in [1.82, 2.24) is 0 Å². The first-order valence-electron chi connectivity index (χ1n) is 6.58. The molecule has 0 heterocycles. The van der Waals surface area contributed by atoms with Gasteiger partial charge in [0, 0.05) is 0 Å². The van der Waals surface area contributed by atoms with Gasteiger partial charge in [-0.25, -0.2) is 0 Å². The van der Waals surface area contributed by atoms with Crippen LogP contribution in [0.3, 0.4) is 0 Å². The number of halogens is 11. The first-order chi connectivity index (χ1) is 11.1. The molecule has 0 spiro atoms. The fraction of sp³-hybridized carbons (Fsp3) is 0.917. The summed E-state index contributed by atoms with van der Waals surface area (Å²) in [5.74, 6) is -9.17. The minimum atomic E-state index is -7.27. The van der Waals surface area contributed by atoms with Gasteiger partial charge in [0.25, 0.3) is 6.10 Å². The van der Waals surface area contributed by atoms with Crippen molar-refractivity contribution in [3.05, 3.63) is 0 Å². The predicted molar refractivity (Wildman–Crippen MR) is 62.0 cm³/mol. The second kappa shape index (κ2) is 6.68. The Hall–Kier alpha value is -1.34. The van der Waals surface area contributed by atoms with Crippen molar-refractivity contribution in [2.75, 3.05) is 0 Å². The molecule has 156 valence electrons. The van der Waals surface area contributed by atoms with Gasteiger partial charge in [0.05, 0.1) is 5.41 Å². The van der Waals surface area contributed by atoms with E-state index in [1.54, 1.807) is 0 Å². The summed E-state index contributed by atoms with van der Waals surface area (Å²) >= 11 is 0. The van der Waals surface area contributed by atoms with E-state index in [-0.39, 0.29) is 6.42 Å². The van der Waals surface area contributed by atoms with E-state index in [0.29, 0.717) is 0 Å². The van der Waals surface area contributed by atoms with Crippen LogP contribution in [0.5, 0.6) is 0 Å². The second-order valence-corrected chi connectivity index (χ2v) is 5.89. The number of ether oxygens (including phenoxy) is 1. The van der Waals surface area contributed by atoms with Crippen molar-refractivity contribution in [3.8, 4) is 0 Å². The van der Waals surface area contributed by atoms with Crippen molar-refractivity contribution in [2.24, 2.45) is 5.41 Å². The maximum absolute atomic E-state index is 13.8. The van der Waals surface area contributed by atoms with E-state index in [1.807, 2.05) is 0 Å². The monoisotopic (exact) mass is 414 g/mol. The Bertz CT molecular complexity index is 502. The molecule has 1 N–H and O–H groups in total. The summed E-state index contributed by atoms with van der Waals surface area (Å²) < 4.78 is 144. The molecule has 0 aliphatic carbocycles. The zero-order chi connectivity index (χ0) is 21.6. The lowest BCUT2D eigenvalue weighted by molar-refractivity contribution is -0.445. The van der Waals surface area contributed by atoms with E-state index in [4.69, 9.17) is 5.11 Å². The second-order valence-electron chi connectivity index (χ2n) is 5.89. The molecule has 0 aromatic carbocycles. The van der Waals surface area contributed by atoms with Crippen molar-refractivity contribution < 1.29 is 62.9 Å². The molecule has 0 radical (unpaired) electrons. The van der Waals surface area contributed by atoms with Crippen LogP contribution >= 0.6 is 0 Å². The van der Waals surface area contributed by atoms with E-state index in [1.165, 1.54) is 6.92 Å². The van der Waals surface area contributed by atoms with Gasteiger partial charge in [-0.1, -0.05) is 6.92 Å². The highest BCUT2D eigenvalue weighted by atomic mass is 19.4. The molecule has 0 aromatic rings. The summed E-state index contributed by atoms with van der Waals surface area (Å²) in [7, 11) is 0. The van der Waals surface area contributed by atoms with Gasteiger partial charge in [-0.05, 0) is 20.3 Å². The Morgan fingerprint density at radius 1 is 0.885 bits per heavy atom. The zero-order valence-electron chi connectivity index (χ0n) is 13.2. The summed E-state index contributed by atoms with van der Waals surface area (Å²) in [6.45, 7) is 2.89. The predicted octanol–water partition coefficient (Wildman–Crippen LogP) is 4.39. The van der Waals surface area contributed by atoms with Crippen molar-refractivity contribution in [1.29, 1.82) is 0 Å². The lowest BCUT2D eigenvalue weighted by Gasteiger charge is -2.41. The molecule has 0 amide bonds. The highest BCUT2D eigenvalue weighted by molar-refractivity contribution is 5.76. The van der Waals surface area contributed by atoms with Crippen LogP contribution in [0.15, 0.2) is 0 Å². The normalized spacial score (nSPS) is 16.4. The van der Waals surface area contributed by atoms with Crippen LogP contribution in [-0.4, -0.2) is 47.2 Å². The quantitative estimate of drug-likeness (QED) is 0.537. The van der Waals surface area contributed by atoms with E-state index in [0.717, 1.165) is 13.8 Å². The minimum absolute atomic E-state index is 0.342. The minimum Gasteiger partial charge on any atom is -0.446 e. The van der Waals surface area contributed by atoms with Crippen LogP contribution < -0.4 is 0 Å². The molecule has 0 aliphatic heterocycles. The van der Waals surface area contributed by atoms with E-state index < -0.39 is 47.5 Å². The third kappa shape index (κ3) is 4.14. The Labute approximate surface area is 139 Å². The molecule has 0 saturated heterocycles. The zero-order valence-corrected chi connectivity index (χ0v) is 13.2. The van der Waals surface area contributed by atoms with Crippen LogP contribution in [0.2, 0.25) is 0 Å². The highest BCUT2D eigenvalue weighted by Gasteiger charge is 2.87. The molecule has 0 aliphatic rings. The number of alkyl halides is 11. The first-order valence-corrected chi connectivity index (χ1v) is 6.58. The fourth-order valence-electron chi connectivity index (χ4n) is 1.49. The molecule has 0 bridgehead atoms. The topological polar surface area (TPSA) is 46.5 Å². The molecule has 0 fully saturated rings. The SMILES string of the molecule is CCC(C)(C)C(=O)OC(C(F)(F)F)C(F)(F)C(O)(C(F)(F)F)C(F)(F)F. The highest BCUT2D eigenvalue weighted by Crippen LogP contribution is 2.55. The molecule has 0 aromatic heterocycles. The maximum atomic E-state index is 13.8. The van der Waals surface area contributed by atoms with Crippen molar-refractivity contribution in [3.63, 3.8) is 0 Å². The van der Waals surface area contributed by atoms with Crippen molar-refractivity contribution in [2.45, 2.75) is 63.3 Å². The van der Waals surface area contributed by atoms with Gasteiger partial charge in [0.2, 0.25) is 0 Å². The van der Waals surface area contributed by atoms with Gasteiger partial charge in [-0.15, -0.1) is 0 Å². The van der Waals surface area contributed by atoms with Crippen LogP contribution in [0, 0.1) is 5.41 Å². The molecule has 3 nitrogen and oxygen atoms in total. The number of hydrogen-bond acceptors (Lipinski definition) is 3. The Balaban J connectivity index is 6.45. The number of carbonyl (C=O) groups excluding carboxylic acids is 1. The summed E-state index contributed by atoms with van der Waals surface area (Å²) in [6.07, 6.45) is -26.7. The van der Waals surface area contributed by atoms with E-state index in [9.17, 15) is 53.1 Å². The molecule has 0 rings (SSSR count). The number of carbonyl (C=O) groups is 1. The summed E-state index contributed by atoms with van der Waals surface area (Å²) in [5.41, 5.74) is -9.06. The third-order valence-electron chi connectivity index (χ3n) is 3.59. The Kier molecular flexibility index (Phi) is 6.33. The lowest BCUT2D eigenvalue weighted by Crippen LogP contribution is -2.73. The third-order valence-corrected chi connectivity index (χ3v) is 3.59. The van der Waals surface area contributed by atoms with Crippen molar-refractivity contribution >= 4 is 5.97 Å². The van der Waals surface area contributed by atoms with E-state index in [2.05, 4.69) is 4.74 Å². The molecule has 0 saturated carbocycles. The summed E-state index contributed by atoms with van der Waals surface area (Å²) in [4.78, 5) is 11.5. The van der Waals surface area contributed by atoms with Crippen LogP contribution in [-0.2, 0) is 9.53 Å². The molecule has 14 heteroatoms. The smallest absolute Gasteiger partial charge is 0.432 e.